The number of guanidine groups is 1. The molecule has 3 rings (SSSR count). The summed E-state index contributed by atoms with van der Waals surface area (Å²) in [4.78, 5) is 11.5. The van der Waals surface area contributed by atoms with Gasteiger partial charge in [-0.3, -0.25) is 0 Å². The van der Waals surface area contributed by atoms with Crippen LogP contribution in [-0.2, 0) is 6.54 Å². The molecule has 1 aliphatic heterocycles. The lowest BCUT2D eigenvalue weighted by Crippen LogP contribution is -2.49. The van der Waals surface area contributed by atoms with Crippen molar-refractivity contribution in [3.05, 3.63) is 48.5 Å². The summed E-state index contributed by atoms with van der Waals surface area (Å²) in [5.41, 5.74) is 1.16. The van der Waals surface area contributed by atoms with Gasteiger partial charge in [0.25, 0.3) is 0 Å². The second kappa shape index (κ2) is 9.62. The number of rotatable bonds is 6. The fourth-order valence-corrected chi connectivity index (χ4v) is 3.68. The second-order valence-corrected chi connectivity index (χ2v) is 7.77. The fraction of sp³-hybridized carbons (Fsp3) is 0.545. The molecule has 2 heterocycles. The summed E-state index contributed by atoms with van der Waals surface area (Å²) in [6.45, 7) is 12.0. The molecular weight excluding hydrogens is 350 g/mol. The number of nitrogens with zero attached hydrogens (tertiary/aromatic N) is 4. The van der Waals surface area contributed by atoms with Crippen LogP contribution in [0.1, 0.15) is 45.7 Å². The predicted molar refractivity (Wildman–Crippen MR) is 114 cm³/mol. The molecule has 1 saturated heterocycles. The van der Waals surface area contributed by atoms with E-state index in [1.54, 1.807) is 0 Å². The lowest BCUT2D eigenvalue weighted by atomic mass is 9.93. The third kappa shape index (κ3) is 5.27. The molecule has 6 heteroatoms. The summed E-state index contributed by atoms with van der Waals surface area (Å²) in [6.07, 6.45) is 7.16. The number of benzene rings is 1. The van der Waals surface area contributed by atoms with E-state index in [2.05, 4.69) is 51.9 Å². The monoisotopic (exact) mass is 383 g/mol. The van der Waals surface area contributed by atoms with Crippen LogP contribution >= 0.6 is 0 Å². The number of ether oxygens (including phenoxy) is 1. The Hall–Kier alpha value is -2.50. The quantitative estimate of drug-likeness (QED) is 0.610. The lowest BCUT2D eigenvalue weighted by Gasteiger charge is -2.39. The highest BCUT2D eigenvalue weighted by molar-refractivity contribution is 5.80. The van der Waals surface area contributed by atoms with Gasteiger partial charge in [0, 0.05) is 32.0 Å². The maximum absolute atomic E-state index is 5.81. The van der Waals surface area contributed by atoms with Crippen molar-refractivity contribution in [2.75, 3.05) is 19.6 Å². The van der Waals surface area contributed by atoms with E-state index in [1.165, 1.54) is 0 Å². The summed E-state index contributed by atoms with van der Waals surface area (Å²) in [6, 6.07) is 8.64. The molecule has 0 bridgehead atoms. The maximum atomic E-state index is 5.81. The normalized spacial score (nSPS) is 20.5. The van der Waals surface area contributed by atoms with Gasteiger partial charge in [0.05, 0.1) is 25.0 Å². The number of piperidine rings is 1. The third-order valence-electron chi connectivity index (χ3n) is 5.14. The maximum Gasteiger partial charge on any atom is 0.194 e. The zero-order valence-corrected chi connectivity index (χ0v) is 17.5. The van der Waals surface area contributed by atoms with Gasteiger partial charge in [0.1, 0.15) is 5.75 Å². The third-order valence-corrected chi connectivity index (χ3v) is 5.14. The highest BCUT2D eigenvalue weighted by Crippen LogP contribution is 2.27. The van der Waals surface area contributed by atoms with E-state index in [4.69, 9.17) is 9.73 Å². The summed E-state index contributed by atoms with van der Waals surface area (Å²) >= 11 is 0. The molecule has 1 aromatic heterocycles. The van der Waals surface area contributed by atoms with Crippen molar-refractivity contribution in [1.29, 1.82) is 0 Å². The van der Waals surface area contributed by atoms with E-state index in [-0.39, 0.29) is 6.10 Å². The van der Waals surface area contributed by atoms with Crippen LogP contribution in [0.3, 0.4) is 0 Å². The highest BCUT2D eigenvalue weighted by atomic mass is 16.5. The van der Waals surface area contributed by atoms with E-state index in [1.807, 2.05) is 38.5 Å². The van der Waals surface area contributed by atoms with Crippen LogP contribution in [0, 0.1) is 5.92 Å². The van der Waals surface area contributed by atoms with Crippen molar-refractivity contribution < 1.29 is 4.74 Å². The van der Waals surface area contributed by atoms with Crippen LogP contribution in [0.2, 0.25) is 0 Å². The minimum absolute atomic E-state index is 0.173. The Morgan fingerprint density at radius 1 is 1.39 bits per heavy atom. The molecule has 0 amide bonds. The van der Waals surface area contributed by atoms with Gasteiger partial charge in [-0.05, 0) is 50.8 Å². The van der Waals surface area contributed by atoms with Crippen molar-refractivity contribution >= 4 is 5.96 Å². The Morgan fingerprint density at radius 3 is 2.96 bits per heavy atom. The van der Waals surface area contributed by atoms with Gasteiger partial charge in [-0.2, -0.15) is 0 Å². The fourth-order valence-electron chi connectivity index (χ4n) is 3.68. The molecule has 0 spiro atoms. The minimum atomic E-state index is 0.173. The molecule has 28 heavy (non-hydrogen) atoms. The number of nitrogens with one attached hydrogen (secondary N) is 1. The van der Waals surface area contributed by atoms with Gasteiger partial charge >= 0.3 is 0 Å². The zero-order chi connectivity index (χ0) is 19.9. The first-order valence-electron chi connectivity index (χ1n) is 10.3. The SMILES string of the molecule is CCNC(=NCc1cccc(OC(C)C)c1)N1CCC(C)C(n2ccnc2)C1. The molecule has 2 atom stereocenters. The van der Waals surface area contributed by atoms with E-state index in [0.29, 0.717) is 18.5 Å². The number of imidazole rings is 1. The largest absolute Gasteiger partial charge is 0.491 e. The lowest BCUT2D eigenvalue weighted by molar-refractivity contribution is 0.189. The van der Waals surface area contributed by atoms with Gasteiger partial charge in [-0.25, -0.2) is 9.98 Å². The van der Waals surface area contributed by atoms with E-state index >= 15 is 0 Å². The van der Waals surface area contributed by atoms with Crippen LogP contribution < -0.4 is 10.1 Å². The molecular formula is C22H33N5O. The van der Waals surface area contributed by atoms with E-state index in [0.717, 1.165) is 43.3 Å². The van der Waals surface area contributed by atoms with Gasteiger partial charge in [-0.1, -0.05) is 19.1 Å². The van der Waals surface area contributed by atoms with Crippen molar-refractivity contribution in [2.24, 2.45) is 10.9 Å². The smallest absolute Gasteiger partial charge is 0.194 e. The Morgan fingerprint density at radius 2 is 2.25 bits per heavy atom. The molecule has 152 valence electrons. The second-order valence-electron chi connectivity index (χ2n) is 7.77. The summed E-state index contributed by atoms with van der Waals surface area (Å²) < 4.78 is 8.04. The van der Waals surface area contributed by atoms with E-state index < -0.39 is 0 Å². The van der Waals surface area contributed by atoms with Crippen LogP contribution in [0.25, 0.3) is 0 Å². The van der Waals surface area contributed by atoms with Crippen LogP contribution in [0.4, 0.5) is 0 Å². The first kappa shape index (κ1) is 20.2. The van der Waals surface area contributed by atoms with Gasteiger partial charge in [0.2, 0.25) is 0 Å². The first-order valence-corrected chi connectivity index (χ1v) is 10.3. The molecule has 1 fully saturated rings. The molecule has 0 saturated carbocycles. The molecule has 2 unspecified atom stereocenters. The van der Waals surface area contributed by atoms with Crippen molar-refractivity contribution in [2.45, 2.75) is 52.8 Å². The van der Waals surface area contributed by atoms with Crippen molar-refractivity contribution in [1.82, 2.24) is 19.8 Å². The van der Waals surface area contributed by atoms with Crippen molar-refractivity contribution in [3.63, 3.8) is 0 Å². The predicted octanol–water partition coefficient (Wildman–Crippen LogP) is 3.72. The Kier molecular flexibility index (Phi) is 6.95. The molecule has 0 radical (unpaired) electrons. The molecule has 6 nitrogen and oxygen atoms in total. The summed E-state index contributed by atoms with van der Waals surface area (Å²) in [5.74, 6) is 2.51. The van der Waals surface area contributed by atoms with E-state index in [9.17, 15) is 0 Å². The Balaban J connectivity index is 1.72. The van der Waals surface area contributed by atoms with Crippen molar-refractivity contribution in [3.8, 4) is 5.75 Å². The average Bonchev–Trinajstić information content (AvgIpc) is 3.20. The molecule has 0 aliphatic carbocycles. The number of hydrogen-bond acceptors (Lipinski definition) is 3. The number of likely N-dealkylation sites (tertiary alicyclic amines) is 1. The molecule has 1 aliphatic rings. The number of aliphatic imine (C=N–C) groups is 1. The first-order chi connectivity index (χ1) is 13.6. The minimum Gasteiger partial charge on any atom is -0.491 e. The van der Waals surface area contributed by atoms with Crippen LogP contribution in [0.15, 0.2) is 48.0 Å². The van der Waals surface area contributed by atoms with Gasteiger partial charge in [0.15, 0.2) is 5.96 Å². The van der Waals surface area contributed by atoms with Gasteiger partial charge in [-0.15, -0.1) is 0 Å². The topological polar surface area (TPSA) is 54.7 Å². The molecule has 1 N–H and O–H groups in total. The summed E-state index contributed by atoms with van der Waals surface area (Å²) in [7, 11) is 0. The Labute approximate surface area is 168 Å². The van der Waals surface area contributed by atoms with Gasteiger partial charge < -0.3 is 19.5 Å². The van der Waals surface area contributed by atoms with Crippen LogP contribution in [0.5, 0.6) is 5.75 Å². The average molecular weight is 384 g/mol. The van der Waals surface area contributed by atoms with Crippen LogP contribution in [-0.4, -0.2) is 46.1 Å². The highest BCUT2D eigenvalue weighted by Gasteiger charge is 2.28. The zero-order valence-electron chi connectivity index (χ0n) is 17.5. The molecule has 1 aromatic carbocycles. The summed E-state index contributed by atoms with van der Waals surface area (Å²) in [5, 5.41) is 3.47. The Bertz CT molecular complexity index is 756. The molecule has 2 aromatic rings. The number of aromatic nitrogens is 2. The number of hydrogen-bond donors (Lipinski definition) is 1. The standard InChI is InChI=1S/C22H33N5O/c1-5-24-22(25-14-19-7-6-8-20(13-19)28-17(2)3)26-11-9-18(4)21(15-26)27-12-10-23-16-27/h6-8,10,12-13,16-18,21H,5,9,11,14-15H2,1-4H3,(H,24,25).